The summed E-state index contributed by atoms with van der Waals surface area (Å²) in [6.45, 7) is 8.21. The molecule has 122 valence electrons. The molecule has 0 aliphatic carbocycles. The first-order chi connectivity index (χ1) is 11.0. The molecule has 1 unspecified atom stereocenters. The molecular weight excluding hydrogens is 288 g/mol. The first-order valence-electron chi connectivity index (χ1n) is 7.90. The third-order valence-corrected chi connectivity index (χ3v) is 3.82. The largest absolute Gasteiger partial charge is 0.483 e. The number of pyridine rings is 1. The van der Waals surface area contributed by atoms with Crippen molar-refractivity contribution in [3.63, 3.8) is 0 Å². The minimum atomic E-state index is -0.135. The van der Waals surface area contributed by atoms with Gasteiger partial charge in [-0.15, -0.1) is 0 Å². The molecule has 1 aromatic carbocycles. The third kappa shape index (κ3) is 4.81. The molecule has 2 rings (SSSR count). The number of nitrogens with zero attached hydrogens (tertiary/aromatic N) is 1. The Morgan fingerprint density at radius 3 is 2.48 bits per heavy atom. The van der Waals surface area contributed by atoms with Crippen LogP contribution in [-0.2, 0) is 4.79 Å². The van der Waals surface area contributed by atoms with Crippen molar-refractivity contribution >= 4 is 5.91 Å². The van der Waals surface area contributed by atoms with Crippen LogP contribution in [0.5, 0.6) is 5.75 Å². The van der Waals surface area contributed by atoms with Crippen LogP contribution in [0.1, 0.15) is 49.4 Å². The van der Waals surface area contributed by atoms with E-state index in [0.717, 1.165) is 16.9 Å². The second kappa shape index (κ2) is 7.77. The molecule has 0 bridgehead atoms. The lowest BCUT2D eigenvalue weighted by atomic mass is 10.0. The number of carbonyl (C=O) groups is 1. The van der Waals surface area contributed by atoms with E-state index in [-0.39, 0.29) is 18.6 Å². The summed E-state index contributed by atoms with van der Waals surface area (Å²) in [4.78, 5) is 16.1. The van der Waals surface area contributed by atoms with E-state index in [1.54, 1.807) is 12.4 Å². The van der Waals surface area contributed by atoms with E-state index >= 15 is 0 Å². The quantitative estimate of drug-likeness (QED) is 0.883. The fourth-order valence-electron chi connectivity index (χ4n) is 2.29. The number of benzene rings is 1. The van der Waals surface area contributed by atoms with Crippen molar-refractivity contribution in [3.8, 4) is 5.75 Å². The lowest BCUT2D eigenvalue weighted by molar-refractivity contribution is -0.123. The van der Waals surface area contributed by atoms with Crippen LogP contribution in [-0.4, -0.2) is 17.5 Å². The second-order valence-corrected chi connectivity index (χ2v) is 6.04. The summed E-state index contributed by atoms with van der Waals surface area (Å²) in [6, 6.07) is 9.85. The number of hydrogen-bond acceptors (Lipinski definition) is 3. The molecule has 0 saturated carbocycles. The standard InChI is InChI=1S/C19H24N2O2/c1-13(2)17-6-5-14(3)18(11-17)23-12-19(22)21-15(4)16-7-9-20-10-8-16/h5-11,13,15H,12H2,1-4H3,(H,21,22). The number of aryl methyl sites for hydroxylation is 1. The number of nitrogens with one attached hydrogen (secondary N) is 1. The number of aromatic nitrogens is 1. The SMILES string of the molecule is Cc1ccc(C(C)C)cc1OCC(=O)NC(C)c1ccncc1. The van der Waals surface area contributed by atoms with E-state index in [1.807, 2.05) is 38.1 Å². The van der Waals surface area contributed by atoms with E-state index in [0.29, 0.717) is 5.92 Å². The summed E-state index contributed by atoms with van der Waals surface area (Å²) in [6.07, 6.45) is 3.44. The molecule has 1 heterocycles. The molecular formula is C19H24N2O2. The summed E-state index contributed by atoms with van der Waals surface area (Å²) in [5, 5.41) is 2.93. The van der Waals surface area contributed by atoms with Crippen molar-refractivity contribution in [1.29, 1.82) is 0 Å². The maximum absolute atomic E-state index is 12.1. The predicted octanol–water partition coefficient (Wildman–Crippen LogP) is 3.77. The van der Waals surface area contributed by atoms with Crippen LogP contribution in [0.25, 0.3) is 0 Å². The van der Waals surface area contributed by atoms with Crippen LogP contribution < -0.4 is 10.1 Å². The van der Waals surface area contributed by atoms with Crippen LogP contribution in [0.3, 0.4) is 0 Å². The Labute approximate surface area is 137 Å². The van der Waals surface area contributed by atoms with E-state index in [1.165, 1.54) is 5.56 Å². The van der Waals surface area contributed by atoms with Gasteiger partial charge in [0.2, 0.25) is 0 Å². The van der Waals surface area contributed by atoms with Crippen LogP contribution in [0.15, 0.2) is 42.7 Å². The molecule has 2 aromatic rings. The number of amides is 1. The highest BCUT2D eigenvalue weighted by molar-refractivity contribution is 5.78. The number of hydrogen-bond donors (Lipinski definition) is 1. The molecule has 0 aliphatic rings. The van der Waals surface area contributed by atoms with Gasteiger partial charge in [-0.3, -0.25) is 9.78 Å². The Bertz CT molecular complexity index is 654. The van der Waals surface area contributed by atoms with Crippen molar-refractivity contribution in [3.05, 3.63) is 59.4 Å². The maximum atomic E-state index is 12.1. The van der Waals surface area contributed by atoms with E-state index in [2.05, 4.69) is 30.2 Å². The van der Waals surface area contributed by atoms with Crippen LogP contribution in [0, 0.1) is 6.92 Å². The van der Waals surface area contributed by atoms with Crippen LogP contribution >= 0.6 is 0 Å². The zero-order valence-electron chi connectivity index (χ0n) is 14.2. The second-order valence-electron chi connectivity index (χ2n) is 6.04. The average Bonchev–Trinajstić information content (AvgIpc) is 2.54. The van der Waals surface area contributed by atoms with Gasteiger partial charge in [0.15, 0.2) is 6.61 Å². The topological polar surface area (TPSA) is 51.2 Å². The number of carbonyl (C=O) groups excluding carboxylic acids is 1. The fraction of sp³-hybridized carbons (Fsp3) is 0.368. The van der Waals surface area contributed by atoms with Gasteiger partial charge in [0, 0.05) is 12.4 Å². The molecule has 0 radical (unpaired) electrons. The molecule has 1 amide bonds. The average molecular weight is 312 g/mol. The van der Waals surface area contributed by atoms with Crippen molar-refractivity contribution in [2.75, 3.05) is 6.61 Å². The Kier molecular flexibility index (Phi) is 5.74. The van der Waals surface area contributed by atoms with Gasteiger partial charge in [0.05, 0.1) is 6.04 Å². The smallest absolute Gasteiger partial charge is 0.258 e. The summed E-state index contributed by atoms with van der Waals surface area (Å²) < 4.78 is 5.70. The van der Waals surface area contributed by atoms with Crippen molar-refractivity contribution < 1.29 is 9.53 Å². The Hall–Kier alpha value is -2.36. The Morgan fingerprint density at radius 2 is 1.83 bits per heavy atom. The molecule has 1 aromatic heterocycles. The summed E-state index contributed by atoms with van der Waals surface area (Å²) in [5.74, 6) is 1.06. The molecule has 4 heteroatoms. The monoisotopic (exact) mass is 312 g/mol. The summed E-state index contributed by atoms with van der Waals surface area (Å²) >= 11 is 0. The highest BCUT2D eigenvalue weighted by Crippen LogP contribution is 2.24. The molecule has 1 N–H and O–H groups in total. The molecule has 4 nitrogen and oxygen atoms in total. The third-order valence-electron chi connectivity index (χ3n) is 3.82. The first-order valence-corrected chi connectivity index (χ1v) is 7.90. The lowest BCUT2D eigenvalue weighted by Crippen LogP contribution is -2.31. The van der Waals surface area contributed by atoms with Gasteiger partial charge < -0.3 is 10.1 Å². The van der Waals surface area contributed by atoms with E-state index < -0.39 is 0 Å². The first kappa shape index (κ1) is 17.0. The van der Waals surface area contributed by atoms with Crippen LogP contribution in [0.2, 0.25) is 0 Å². The Balaban J connectivity index is 1.93. The summed E-state index contributed by atoms with van der Waals surface area (Å²) in [5.41, 5.74) is 3.26. The molecule has 1 atom stereocenters. The zero-order valence-corrected chi connectivity index (χ0v) is 14.2. The highest BCUT2D eigenvalue weighted by atomic mass is 16.5. The van der Waals surface area contributed by atoms with Gasteiger partial charge in [0.25, 0.3) is 5.91 Å². The van der Waals surface area contributed by atoms with E-state index in [9.17, 15) is 4.79 Å². The molecule has 0 saturated heterocycles. The minimum Gasteiger partial charge on any atom is -0.483 e. The molecule has 0 aliphatic heterocycles. The predicted molar refractivity (Wildman–Crippen MR) is 91.6 cm³/mol. The van der Waals surface area contributed by atoms with E-state index in [4.69, 9.17) is 4.74 Å². The maximum Gasteiger partial charge on any atom is 0.258 e. The van der Waals surface area contributed by atoms with Gasteiger partial charge in [-0.05, 0) is 54.7 Å². The van der Waals surface area contributed by atoms with Gasteiger partial charge in [-0.25, -0.2) is 0 Å². The molecule has 0 fully saturated rings. The van der Waals surface area contributed by atoms with Gasteiger partial charge in [0.1, 0.15) is 5.75 Å². The van der Waals surface area contributed by atoms with Gasteiger partial charge >= 0.3 is 0 Å². The molecule has 23 heavy (non-hydrogen) atoms. The lowest BCUT2D eigenvalue weighted by Gasteiger charge is -2.16. The zero-order chi connectivity index (χ0) is 16.8. The van der Waals surface area contributed by atoms with Gasteiger partial charge in [-0.1, -0.05) is 26.0 Å². The normalized spacial score (nSPS) is 12.0. The van der Waals surface area contributed by atoms with Gasteiger partial charge in [-0.2, -0.15) is 0 Å². The number of ether oxygens (including phenoxy) is 1. The van der Waals surface area contributed by atoms with Crippen LogP contribution in [0.4, 0.5) is 0 Å². The minimum absolute atomic E-state index is 0.0117. The van der Waals surface area contributed by atoms with Crippen molar-refractivity contribution in [2.45, 2.75) is 39.7 Å². The highest BCUT2D eigenvalue weighted by Gasteiger charge is 2.11. The molecule has 0 spiro atoms. The van der Waals surface area contributed by atoms with Crippen molar-refractivity contribution in [1.82, 2.24) is 10.3 Å². The van der Waals surface area contributed by atoms with Crippen molar-refractivity contribution in [2.24, 2.45) is 0 Å². The Morgan fingerprint density at radius 1 is 1.13 bits per heavy atom. The number of rotatable bonds is 6. The summed E-state index contributed by atoms with van der Waals surface area (Å²) in [7, 11) is 0. The fourth-order valence-corrected chi connectivity index (χ4v) is 2.29.